The van der Waals surface area contributed by atoms with Gasteiger partial charge in [-0.2, -0.15) is 0 Å². The van der Waals surface area contributed by atoms with E-state index in [-0.39, 0.29) is 5.41 Å². The van der Waals surface area contributed by atoms with E-state index in [1.165, 1.54) is 13.0 Å². The molecule has 0 amide bonds. The Labute approximate surface area is 93.4 Å². The van der Waals surface area contributed by atoms with Crippen molar-refractivity contribution in [2.24, 2.45) is 5.41 Å². The van der Waals surface area contributed by atoms with E-state index in [1.54, 1.807) is 6.92 Å². The molecule has 1 rings (SSSR count). The van der Waals surface area contributed by atoms with Crippen LogP contribution in [0.25, 0.3) is 0 Å². The summed E-state index contributed by atoms with van der Waals surface area (Å²) in [5, 5.41) is 0. The summed E-state index contributed by atoms with van der Waals surface area (Å²) in [7, 11) is 2.17. The van der Waals surface area contributed by atoms with E-state index in [2.05, 4.69) is 16.8 Å². The largest absolute Gasteiger partial charge is 0.305 e. The van der Waals surface area contributed by atoms with Crippen LogP contribution in [0.15, 0.2) is 0 Å². The number of carbonyl (C=O) groups excluding carboxylic acids is 1. The molecular weight excluding hydrogens is 188 g/mol. The fraction of sp³-hybridized carbons (Fsp3) is 0.917. The first-order chi connectivity index (χ1) is 6.92. The molecule has 0 atom stereocenters. The van der Waals surface area contributed by atoms with E-state index in [0.717, 1.165) is 26.2 Å². The maximum absolute atomic E-state index is 11.5. The minimum Gasteiger partial charge on any atom is -0.305 e. The summed E-state index contributed by atoms with van der Waals surface area (Å²) >= 11 is 0. The van der Waals surface area contributed by atoms with Gasteiger partial charge >= 0.3 is 0 Å². The van der Waals surface area contributed by atoms with Crippen molar-refractivity contribution in [3.8, 4) is 0 Å². The lowest BCUT2D eigenvalue weighted by atomic mass is 9.88. The molecule has 3 heteroatoms. The zero-order chi connectivity index (χ0) is 11.5. The molecule has 0 aromatic heterocycles. The van der Waals surface area contributed by atoms with E-state index >= 15 is 0 Å². The van der Waals surface area contributed by atoms with Crippen molar-refractivity contribution in [1.82, 2.24) is 9.80 Å². The molecule has 1 aliphatic heterocycles. The molecule has 1 heterocycles. The SMILES string of the molecule is CC(=O)C(C)(C)CN1CCCN(C)CC1. The lowest BCUT2D eigenvalue weighted by molar-refractivity contribution is -0.125. The number of hydrogen-bond donors (Lipinski definition) is 0. The smallest absolute Gasteiger partial charge is 0.136 e. The molecule has 0 radical (unpaired) electrons. The Morgan fingerprint density at radius 3 is 2.47 bits per heavy atom. The van der Waals surface area contributed by atoms with E-state index in [9.17, 15) is 4.79 Å². The van der Waals surface area contributed by atoms with Crippen molar-refractivity contribution < 1.29 is 4.79 Å². The fourth-order valence-electron chi connectivity index (χ4n) is 1.93. The monoisotopic (exact) mass is 212 g/mol. The number of likely N-dealkylation sites (N-methyl/N-ethyl adjacent to an activating group) is 1. The van der Waals surface area contributed by atoms with E-state index in [1.807, 2.05) is 13.8 Å². The maximum atomic E-state index is 11.5. The summed E-state index contributed by atoms with van der Waals surface area (Å²) < 4.78 is 0. The van der Waals surface area contributed by atoms with E-state index in [0.29, 0.717) is 5.78 Å². The number of Topliss-reactive ketones (excluding diaryl/α,β-unsaturated/α-hetero) is 1. The van der Waals surface area contributed by atoms with Crippen LogP contribution in [0.3, 0.4) is 0 Å². The number of nitrogens with zero attached hydrogens (tertiary/aromatic N) is 2. The lowest BCUT2D eigenvalue weighted by Gasteiger charge is -2.29. The van der Waals surface area contributed by atoms with Gasteiger partial charge in [0.1, 0.15) is 5.78 Å². The predicted octanol–water partition coefficient (Wildman–Crippen LogP) is 1.24. The summed E-state index contributed by atoms with van der Waals surface area (Å²) in [6.07, 6.45) is 1.21. The molecule has 0 spiro atoms. The molecule has 0 unspecified atom stereocenters. The zero-order valence-electron chi connectivity index (χ0n) is 10.5. The number of ketones is 1. The number of carbonyl (C=O) groups is 1. The first-order valence-corrected chi connectivity index (χ1v) is 5.84. The van der Waals surface area contributed by atoms with Crippen molar-refractivity contribution in [2.45, 2.75) is 27.2 Å². The fourth-order valence-corrected chi connectivity index (χ4v) is 1.93. The van der Waals surface area contributed by atoms with Gasteiger partial charge in [0.2, 0.25) is 0 Å². The average Bonchev–Trinajstić information content (AvgIpc) is 2.30. The first-order valence-electron chi connectivity index (χ1n) is 5.84. The van der Waals surface area contributed by atoms with Crippen LogP contribution in [0.4, 0.5) is 0 Å². The van der Waals surface area contributed by atoms with Gasteiger partial charge in [0.25, 0.3) is 0 Å². The van der Waals surface area contributed by atoms with Crippen molar-refractivity contribution in [1.29, 1.82) is 0 Å². The van der Waals surface area contributed by atoms with Crippen molar-refractivity contribution >= 4 is 5.78 Å². The highest BCUT2D eigenvalue weighted by molar-refractivity contribution is 5.81. The third-order valence-electron chi connectivity index (χ3n) is 3.38. The maximum Gasteiger partial charge on any atom is 0.136 e. The molecule has 0 N–H and O–H groups in total. The highest BCUT2D eigenvalue weighted by Gasteiger charge is 2.27. The van der Waals surface area contributed by atoms with Crippen LogP contribution >= 0.6 is 0 Å². The standard InChI is InChI=1S/C12H24N2O/c1-11(15)12(2,3)10-14-7-5-6-13(4)8-9-14/h5-10H2,1-4H3. The van der Waals surface area contributed by atoms with Crippen LogP contribution in [0.1, 0.15) is 27.2 Å². The van der Waals surface area contributed by atoms with Gasteiger partial charge in [0.05, 0.1) is 0 Å². The Hall–Kier alpha value is -0.410. The highest BCUT2D eigenvalue weighted by Crippen LogP contribution is 2.19. The molecule has 1 saturated heterocycles. The molecule has 88 valence electrons. The zero-order valence-corrected chi connectivity index (χ0v) is 10.5. The van der Waals surface area contributed by atoms with Crippen molar-refractivity contribution in [3.63, 3.8) is 0 Å². The summed E-state index contributed by atoms with van der Waals surface area (Å²) in [4.78, 5) is 16.2. The lowest BCUT2D eigenvalue weighted by Crippen LogP contribution is -2.40. The summed E-state index contributed by atoms with van der Waals surface area (Å²) in [5.41, 5.74) is -0.192. The Balaban J connectivity index is 2.47. The molecule has 0 saturated carbocycles. The van der Waals surface area contributed by atoms with Gasteiger partial charge in [0, 0.05) is 25.0 Å². The topological polar surface area (TPSA) is 23.6 Å². The number of hydrogen-bond acceptors (Lipinski definition) is 3. The van der Waals surface area contributed by atoms with Crippen molar-refractivity contribution in [2.75, 3.05) is 39.8 Å². The van der Waals surface area contributed by atoms with Gasteiger partial charge < -0.3 is 9.80 Å². The normalized spacial score (nSPS) is 21.3. The third kappa shape index (κ3) is 3.92. The summed E-state index contributed by atoms with van der Waals surface area (Å²) in [5.74, 6) is 0.292. The Kier molecular flexibility index (Phi) is 4.29. The highest BCUT2D eigenvalue weighted by atomic mass is 16.1. The van der Waals surface area contributed by atoms with Crippen LogP contribution < -0.4 is 0 Å². The second-order valence-electron chi connectivity index (χ2n) is 5.37. The minimum atomic E-state index is -0.192. The van der Waals surface area contributed by atoms with Gasteiger partial charge in [-0.15, -0.1) is 0 Å². The molecule has 0 aromatic rings. The van der Waals surface area contributed by atoms with Gasteiger partial charge in [-0.05, 0) is 33.5 Å². The van der Waals surface area contributed by atoms with Crippen LogP contribution in [0.2, 0.25) is 0 Å². The molecule has 3 nitrogen and oxygen atoms in total. The quantitative estimate of drug-likeness (QED) is 0.703. The van der Waals surface area contributed by atoms with Gasteiger partial charge in [0.15, 0.2) is 0 Å². The van der Waals surface area contributed by atoms with Crippen LogP contribution in [-0.2, 0) is 4.79 Å². The Morgan fingerprint density at radius 2 is 1.87 bits per heavy atom. The second kappa shape index (κ2) is 5.08. The van der Waals surface area contributed by atoms with Crippen LogP contribution in [-0.4, -0.2) is 55.4 Å². The second-order valence-corrected chi connectivity index (χ2v) is 5.37. The predicted molar refractivity (Wildman–Crippen MR) is 63.0 cm³/mol. The van der Waals surface area contributed by atoms with Crippen molar-refractivity contribution in [3.05, 3.63) is 0 Å². The number of rotatable bonds is 3. The molecule has 1 aliphatic rings. The van der Waals surface area contributed by atoms with Gasteiger partial charge in [-0.3, -0.25) is 4.79 Å². The van der Waals surface area contributed by atoms with E-state index in [4.69, 9.17) is 0 Å². The van der Waals surface area contributed by atoms with E-state index < -0.39 is 0 Å². The molecule has 15 heavy (non-hydrogen) atoms. The third-order valence-corrected chi connectivity index (χ3v) is 3.38. The molecule has 1 fully saturated rings. The molecule has 0 aromatic carbocycles. The average molecular weight is 212 g/mol. The molecule has 0 aliphatic carbocycles. The first kappa shape index (κ1) is 12.7. The summed E-state index contributed by atoms with van der Waals surface area (Å²) in [6, 6.07) is 0. The summed E-state index contributed by atoms with van der Waals surface area (Å²) in [6.45, 7) is 11.2. The Bertz CT molecular complexity index is 226. The minimum absolute atomic E-state index is 0.192. The molecular formula is C12H24N2O. The molecule has 0 bridgehead atoms. The van der Waals surface area contributed by atoms with Gasteiger partial charge in [-0.1, -0.05) is 13.8 Å². The van der Waals surface area contributed by atoms with Crippen LogP contribution in [0.5, 0.6) is 0 Å². The van der Waals surface area contributed by atoms with Gasteiger partial charge in [-0.25, -0.2) is 0 Å². The van der Waals surface area contributed by atoms with Crippen LogP contribution in [0, 0.1) is 5.41 Å². The Morgan fingerprint density at radius 1 is 1.20 bits per heavy atom.